The second-order valence-electron chi connectivity index (χ2n) is 5.83. The molecule has 0 aliphatic heterocycles. The van der Waals surface area contributed by atoms with Crippen molar-refractivity contribution < 1.29 is 27.8 Å². The van der Waals surface area contributed by atoms with Crippen molar-refractivity contribution in [3.8, 4) is 0 Å². The Hall–Kier alpha value is -1.74. The molecule has 5 nitrogen and oxygen atoms in total. The van der Waals surface area contributed by atoms with Gasteiger partial charge in [0.1, 0.15) is 5.82 Å². The molecule has 0 fully saturated rings. The minimum atomic E-state index is -4.95. The lowest BCUT2D eigenvalue weighted by molar-refractivity contribution is -0.282. The summed E-state index contributed by atoms with van der Waals surface area (Å²) in [6.45, 7) is 4.15. The van der Waals surface area contributed by atoms with E-state index in [1.807, 2.05) is 0 Å². The second kappa shape index (κ2) is 6.87. The summed E-state index contributed by atoms with van der Waals surface area (Å²) in [5, 5.41) is 13.1. The quantitative estimate of drug-likeness (QED) is 0.655. The first kappa shape index (κ1) is 19.6. The molecule has 1 heterocycles. The third-order valence-electron chi connectivity index (χ3n) is 3.91. The molecule has 1 atom stereocenters. The van der Waals surface area contributed by atoms with Crippen molar-refractivity contribution in [1.29, 1.82) is 0 Å². The first-order valence-electron chi connectivity index (χ1n) is 7.56. The van der Waals surface area contributed by atoms with Crippen LogP contribution in [0.1, 0.15) is 26.3 Å². The fraction of sp³-hybridized carbons (Fsp3) is 0.438. The summed E-state index contributed by atoms with van der Waals surface area (Å²) in [4.78, 5) is 14.5. The predicted octanol–water partition coefficient (Wildman–Crippen LogP) is 4.90. The fourth-order valence-electron chi connectivity index (χ4n) is 2.68. The zero-order chi connectivity index (χ0) is 19.0. The smallest absolute Gasteiger partial charge is 0.421 e. The average Bonchev–Trinajstić information content (AvgIpc) is 2.82. The van der Waals surface area contributed by atoms with Crippen LogP contribution in [0, 0.1) is 5.92 Å². The molecule has 2 aromatic rings. The number of anilines is 1. The normalized spacial score (nSPS) is 14.6. The summed E-state index contributed by atoms with van der Waals surface area (Å²) in [5.74, 6) is -1.45. The van der Waals surface area contributed by atoms with Gasteiger partial charge in [0.2, 0.25) is 0 Å². The van der Waals surface area contributed by atoms with E-state index in [1.165, 1.54) is 19.9 Å². The summed E-state index contributed by atoms with van der Waals surface area (Å²) in [5.41, 5.74) is -3.27. The molecule has 0 radical (unpaired) electrons. The Morgan fingerprint density at radius 3 is 2.56 bits per heavy atom. The predicted molar refractivity (Wildman–Crippen MR) is 91.4 cm³/mol. The highest BCUT2D eigenvalue weighted by atomic mass is 79.9. The number of carbonyl (C=O) groups excluding carboxylic acids is 1. The standard InChI is InChI=1S/C16H18BrF3N2O3/c1-4-25-14(23)22-13-12(15(24,8(2)3)16(18,19)20)10-7-9(17)5-6-11(10)21-13/h5-8,21,24H,4H2,1-3H3,(H,22,23). The number of benzene rings is 1. The molecule has 0 aliphatic carbocycles. The number of aliphatic hydroxyl groups is 1. The van der Waals surface area contributed by atoms with E-state index in [0.29, 0.717) is 9.99 Å². The van der Waals surface area contributed by atoms with Crippen LogP contribution in [0.5, 0.6) is 0 Å². The second-order valence-corrected chi connectivity index (χ2v) is 6.74. The number of hydrogen-bond acceptors (Lipinski definition) is 3. The maximum atomic E-state index is 13.8. The number of halogens is 4. The number of amides is 1. The molecule has 1 amide bonds. The summed E-state index contributed by atoms with van der Waals surface area (Å²) < 4.78 is 46.7. The molecule has 138 valence electrons. The highest BCUT2D eigenvalue weighted by molar-refractivity contribution is 9.10. The highest BCUT2D eigenvalue weighted by Crippen LogP contribution is 2.49. The van der Waals surface area contributed by atoms with Gasteiger partial charge in [-0.1, -0.05) is 29.8 Å². The van der Waals surface area contributed by atoms with Crippen LogP contribution >= 0.6 is 15.9 Å². The van der Waals surface area contributed by atoms with Gasteiger partial charge in [-0.2, -0.15) is 13.2 Å². The molecule has 0 saturated heterocycles. The molecule has 1 aromatic heterocycles. The molecular formula is C16H18BrF3N2O3. The molecule has 0 spiro atoms. The lowest BCUT2D eigenvalue weighted by atomic mass is 9.82. The van der Waals surface area contributed by atoms with E-state index < -0.39 is 29.4 Å². The number of aromatic amines is 1. The van der Waals surface area contributed by atoms with Crippen LogP contribution in [0.25, 0.3) is 10.9 Å². The Morgan fingerprint density at radius 1 is 1.40 bits per heavy atom. The Bertz CT molecular complexity index is 789. The minimum absolute atomic E-state index is 0.0562. The molecule has 2 rings (SSSR count). The molecule has 0 bridgehead atoms. The SMILES string of the molecule is CCOC(=O)Nc1[nH]c2ccc(Br)cc2c1C(O)(C(C)C)C(F)(F)F. The first-order chi connectivity index (χ1) is 11.5. The molecule has 1 unspecified atom stereocenters. The highest BCUT2D eigenvalue weighted by Gasteiger charge is 2.59. The van der Waals surface area contributed by atoms with Gasteiger partial charge in [0.25, 0.3) is 0 Å². The van der Waals surface area contributed by atoms with Crippen molar-refractivity contribution >= 4 is 38.7 Å². The van der Waals surface area contributed by atoms with E-state index in [2.05, 4.69) is 26.2 Å². The Labute approximate surface area is 150 Å². The average molecular weight is 423 g/mol. The number of ether oxygens (including phenoxy) is 1. The van der Waals surface area contributed by atoms with Crippen LogP contribution < -0.4 is 5.32 Å². The number of aromatic nitrogens is 1. The third kappa shape index (κ3) is 3.48. The number of H-pyrrole nitrogens is 1. The molecule has 0 aliphatic rings. The maximum Gasteiger partial charge on any atom is 0.421 e. The van der Waals surface area contributed by atoms with E-state index >= 15 is 0 Å². The number of hydrogen-bond donors (Lipinski definition) is 3. The maximum absolute atomic E-state index is 13.8. The van der Waals surface area contributed by atoms with Crippen LogP contribution in [0.2, 0.25) is 0 Å². The van der Waals surface area contributed by atoms with E-state index in [9.17, 15) is 23.1 Å². The molecule has 1 aromatic carbocycles. The van der Waals surface area contributed by atoms with Crippen molar-refractivity contribution in [2.75, 3.05) is 11.9 Å². The van der Waals surface area contributed by atoms with Gasteiger partial charge < -0.3 is 14.8 Å². The minimum Gasteiger partial charge on any atom is -0.450 e. The summed E-state index contributed by atoms with van der Waals surface area (Å²) in [7, 11) is 0. The fourth-order valence-corrected chi connectivity index (χ4v) is 3.04. The summed E-state index contributed by atoms with van der Waals surface area (Å²) in [6, 6.07) is 4.64. The Kier molecular flexibility index (Phi) is 5.38. The van der Waals surface area contributed by atoms with Crippen LogP contribution in [-0.4, -0.2) is 29.0 Å². The van der Waals surface area contributed by atoms with Crippen molar-refractivity contribution in [3.63, 3.8) is 0 Å². The van der Waals surface area contributed by atoms with Crippen LogP contribution in [0.4, 0.5) is 23.8 Å². The molecular weight excluding hydrogens is 405 g/mol. The first-order valence-corrected chi connectivity index (χ1v) is 8.36. The van der Waals surface area contributed by atoms with E-state index in [0.717, 1.165) is 0 Å². The largest absolute Gasteiger partial charge is 0.450 e. The molecule has 25 heavy (non-hydrogen) atoms. The van der Waals surface area contributed by atoms with Crippen molar-refractivity contribution in [1.82, 2.24) is 4.98 Å². The molecule has 0 saturated carbocycles. The van der Waals surface area contributed by atoms with Crippen molar-refractivity contribution in [2.24, 2.45) is 5.92 Å². The van der Waals surface area contributed by atoms with Gasteiger partial charge >= 0.3 is 12.3 Å². The van der Waals surface area contributed by atoms with E-state index in [1.54, 1.807) is 19.1 Å². The molecule has 9 heteroatoms. The van der Waals surface area contributed by atoms with Crippen LogP contribution in [0.3, 0.4) is 0 Å². The van der Waals surface area contributed by atoms with Crippen LogP contribution in [-0.2, 0) is 10.3 Å². The van der Waals surface area contributed by atoms with Gasteiger partial charge in [-0.15, -0.1) is 0 Å². The number of alkyl halides is 3. The summed E-state index contributed by atoms with van der Waals surface area (Å²) >= 11 is 3.22. The lowest BCUT2D eigenvalue weighted by Crippen LogP contribution is -2.47. The van der Waals surface area contributed by atoms with Gasteiger partial charge in [0.05, 0.1) is 6.61 Å². The Balaban J connectivity index is 2.77. The number of carbonyl (C=O) groups is 1. The zero-order valence-corrected chi connectivity index (χ0v) is 15.4. The van der Waals surface area contributed by atoms with Gasteiger partial charge in [0.15, 0.2) is 5.60 Å². The lowest BCUT2D eigenvalue weighted by Gasteiger charge is -2.35. The third-order valence-corrected chi connectivity index (χ3v) is 4.41. The number of fused-ring (bicyclic) bond motifs is 1. The van der Waals surface area contributed by atoms with Gasteiger partial charge in [-0.25, -0.2) is 4.79 Å². The number of nitrogens with one attached hydrogen (secondary N) is 2. The van der Waals surface area contributed by atoms with Crippen molar-refractivity contribution in [3.05, 3.63) is 28.2 Å². The topological polar surface area (TPSA) is 74.3 Å². The van der Waals surface area contributed by atoms with E-state index in [-0.39, 0.29) is 17.8 Å². The zero-order valence-electron chi connectivity index (χ0n) is 13.8. The monoisotopic (exact) mass is 422 g/mol. The summed E-state index contributed by atoms with van der Waals surface area (Å²) in [6.07, 6.45) is -5.87. The van der Waals surface area contributed by atoms with Crippen molar-refractivity contribution in [2.45, 2.75) is 32.5 Å². The number of rotatable bonds is 4. The van der Waals surface area contributed by atoms with Gasteiger partial charge in [-0.05, 0) is 31.0 Å². The van der Waals surface area contributed by atoms with Crippen LogP contribution in [0.15, 0.2) is 22.7 Å². The van der Waals surface area contributed by atoms with Gasteiger partial charge in [0, 0.05) is 20.9 Å². The Morgan fingerprint density at radius 2 is 2.04 bits per heavy atom. The molecule has 3 N–H and O–H groups in total. The van der Waals surface area contributed by atoms with Gasteiger partial charge in [-0.3, -0.25) is 5.32 Å². The van der Waals surface area contributed by atoms with E-state index in [4.69, 9.17) is 4.74 Å².